The minimum atomic E-state index is -6.95. The third-order valence-electron chi connectivity index (χ3n) is 17.0. The van der Waals surface area contributed by atoms with Crippen LogP contribution in [0.5, 0.6) is 0 Å². The number of nitrogens with zero attached hydrogens (tertiary/aromatic N) is 3. The minimum absolute atomic E-state index is 0.0786. The van der Waals surface area contributed by atoms with E-state index in [1.165, 1.54) is 0 Å². The maximum atomic E-state index is 15.5. The fourth-order valence-corrected chi connectivity index (χ4v) is 30.0. The zero-order valence-electron chi connectivity index (χ0n) is 47.8. The molecule has 0 saturated heterocycles. The Balaban J connectivity index is 1.38. The number of hydrogen-bond donors (Lipinski definition) is 0. The van der Waals surface area contributed by atoms with Gasteiger partial charge < -0.3 is 0 Å². The van der Waals surface area contributed by atoms with Crippen LogP contribution in [0.3, 0.4) is 0 Å². The SMILES string of the molecule is CC(C)(C)[Si](C)(C)OCCn1ccc2c[c]([Bi]([O]C(=O)c3ccccc3)([O]C(=O)c3ccccc3)([c]3ccc4c(ccn4CCO[Si](C)(C)C(C)(C)C)c3)[c]3ccc4c(ccn4CCO[Si](C)(C)C(C)(C)C)c3)ccc21. The van der Waals surface area contributed by atoms with E-state index in [0.29, 0.717) is 60.4 Å². The summed E-state index contributed by atoms with van der Waals surface area (Å²) in [6.45, 7) is 37.7. The van der Waals surface area contributed by atoms with Gasteiger partial charge in [-0.2, -0.15) is 0 Å². The molecule has 0 unspecified atom stereocenters. The Kier molecular flexibility index (Phi) is 16.1. The number of carbonyl (C=O) groups excluding carboxylic acids is 2. The predicted molar refractivity (Wildman–Crippen MR) is 324 cm³/mol. The molecule has 0 fully saturated rings. The van der Waals surface area contributed by atoms with E-state index in [0.717, 1.165) is 32.7 Å². The van der Waals surface area contributed by atoms with E-state index in [-0.39, 0.29) is 15.1 Å². The van der Waals surface area contributed by atoms with Gasteiger partial charge in [0.2, 0.25) is 0 Å². The van der Waals surface area contributed by atoms with Crippen LogP contribution in [0.2, 0.25) is 54.4 Å². The summed E-state index contributed by atoms with van der Waals surface area (Å²) in [5.74, 6) is -1.18. The van der Waals surface area contributed by atoms with Gasteiger partial charge in [-0.15, -0.1) is 0 Å². The Morgan fingerprint density at radius 1 is 0.408 bits per heavy atom. The fourth-order valence-electron chi connectivity index (χ4n) is 9.10. The van der Waals surface area contributed by atoms with E-state index in [4.69, 9.17) is 18.9 Å². The quantitative estimate of drug-likeness (QED) is 0.0744. The van der Waals surface area contributed by atoms with E-state index in [1.807, 2.05) is 54.6 Å². The molecule has 0 aliphatic rings. The molecule has 0 radical (unpaired) electrons. The molecule has 0 spiro atoms. The summed E-state index contributed by atoms with van der Waals surface area (Å²) < 4.78 is 43.8. The summed E-state index contributed by atoms with van der Waals surface area (Å²) in [4.78, 5) is 31.0. The zero-order valence-corrected chi connectivity index (χ0v) is 54.3. The van der Waals surface area contributed by atoms with Crippen molar-refractivity contribution < 1.29 is 28.5 Å². The number of hydrogen-bond acceptors (Lipinski definition) is 7. The van der Waals surface area contributed by atoms with Gasteiger partial charge in [-0.1, -0.05) is 0 Å². The van der Waals surface area contributed by atoms with E-state index in [2.05, 4.69) is 188 Å². The molecule has 10 nitrogen and oxygen atoms in total. The standard InChI is InChI=1S/3C16H24NOSi.2C7H6O2.Bi/c3*1-16(2,3)19(4,5)18-13-12-17-11-10-14-8-6-7-9-15(14)17;2*8-7(9)6-4-2-1-3-5-6;/h3*7-11H,12-13H2,1-5H3;2*1-5H,(H,8,9);/q;;;;;+2/p-2. The van der Waals surface area contributed by atoms with Gasteiger partial charge in [0.15, 0.2) is 0 Å². The van der Waals surface area contributed by atoms with Crippen LogP contribution in [-0.4, -0.2) is 90.1 Å². The van der Waals surface area contributed by atoms with Gasteiger partial charge in [0.1, 0.15) is 0 Å². The van der Waals surface area contributed by atoms with Crippen LogP contribution >= 0.6 is 0 Å². The number of carbonyl (C=O) groups is 2. The first-order chi connectivity index (χ1) is 35.6. The third-order valence-corrected chi connectivity index (χ3v) is 48.8. The second-order valence-electron chi connectivity index (χ2n) is 25.0. The first-order valence-corrected chi connectivity index (χ1v) is 43.7. The fraction of sp³-hybridized carbons (Fsp3) is 0.387. The van der Waals surface area contributed by atoms with Crippen LogP contribution in [0.15, 0.2) is 152 Å². The van der Waals surface area contributed by atoms with Crippen LogP contribution in [0.1, 0.15) is 83.0 Å². The average Bonchev–Trinajstić information content (AvgIpc) is 4.09. The molecule has 76 heavy (non-hydrogen) atoms. The van der Waals surface area contributed by atoms with Crippen molar-refractivity contribution in [3.8, 4) is 0 Å². The Labute approximate surface area is 457 Å². The van der Waals surface area contributed by atoms with Crippen LogP contribution in [0.25, 0.3) is 32.7 Å². The Morgan fingerprint density at radius 2 is 0.684 bits per heavy atom. The predicted octanol–water partition coefficient (Wildman–Crippen LogP) is 13.7. The normalized spacial score (nSPS) is 13.8. The van der Waals surface area contributed by atoms with Crippen molar-refractivity contribution in [1.29, 1.82) is 0 Å². The molecule has 14 heteroatoms. The molecule has 0 saturated carbocycles. The Bertz CT molecular complexity index is 3030. The monoisotopic (exact) mass is 1270 g/mol. The van der Waals surface area contributed by atoms with Gasteiger partial charge in [0.05, 0.1) is 0 Å². The molecule has 0 N–H and O–H groups in total. The summed E-state index contributed by atoms with van der Waals surface area (Å²) in [6, 6.07) is 43.1. The molecule has 8 rings (SSSR count). The first-order valence-electron chi connectivity index (χ1n) is 26.9. The molecule has 3 aromatic heterocycles. The van der Waals surface area contributed by atoms with Gasteiger partial charge in [-0.05, 0) is 0 Å². The van der Waals surface area contributed by atoms with E-state index in [1.54, 1.807) is 24.3 Å². The molecule has 0 aliphatic heterocycles. The van der Waals surface area contributed by atoms with Gasteiger partial charge in [-0.3, -0.25) is 0 Å². The molecule has 0 amide bonds. The number of rotatable bonds is 19. The second-order valence-corrected chi connectivity index (χ2v) is 54.3. The summed E-state index contributed by atoms with van der Waals surface area (Å²) >= 11 is -6.95. The van der Waals surface area contributed by atoms with Crippen molar-refractivity contribution in [2.75, 3.05) is 19.8 Å². The number of aromatic nitrogens is 3. The summed E-state index contributed by atoms with van der Waals surface area (Å²) in [5.41, 5.74) is 3.65. The third kappa shape index (κ3) is 11.2. The van der Waals surface area contributed by atoms with Crippen molar-refractivity contribution >= 4 is 99.1 Å². The Morgan fingerprint density at radius 3 is 0.947 bits per heavy atom. The molecule has 5 aromatic carbocycles. The van der Waals surface area contributed by atoms with Gasteiger partial charge in [0, 0.05) is 0 Å². The summed E-state index contributed by atoms with van der Waals surface area (Å²) in [7, 11) is -6.02. The van der Waals surface area contributed by atoms with E-state index >= 15 is 9.59 Å². The van der Waals surface area contributed by atoms with Gasteiger partial charge >= 0.3 is 461 Å². The summed E-state index contributed by atoms with van der Waals surface area (Å²) in [5, 5.41) is 2.99. The van der Waals surface area contributed by atoms with Gasteiger partial charge in [-0.25, -0.2) is 0 Å². The molecule has 0 bridgehead atoms. The first kappa shape index (κ1) is 57.3. The molecule has 0 aliphatic carbocycles. The average molecular weight is 1270 g/mol. The molecule has 404 valence electrons. The molecule has 3 heterocycles. The molecular formula is C62H82BiN3O7Si3. The van der Waals surface area contributed by atoms with Gasteiger partial charge in [0.25, 0.3) is 0 Å². The number of fused-ring (bicyclic) bond motifs is 3. The molecule has 0 atom stereocenters. The van der Waals surface area contributed by atoms with E-state index in [9.17, 15) is 0 Å². The van der Waals surface area contributed by atoms with Crippen LogP contribution in [0, 0.1) is 0 Å². The number of benzene rings is 5. The van der Waals surface area contributed by atoms with Crippen LogP contribution in [-0.2, 0) is 38.5 Å². The van der Waals surface area contributed by atoms with Crippen molar-refractivity contribution in [3.63, 3.8) is 0 Å². The molecular weight excluding hydrogens is 1190 g/mol. The van der Waals surface area contributed by atoms with Crippen molar-refractivity contribution in [1.82, 2.24) is 13.7 Å². The van der Waals surface area contributed by atoms with E-state index < -0.39 is 56.6 Å². The zero-order chi connectivity index (χ0) is 55.1. The van der Waals surface area contributed by atoms with Crippen LogP contribution in [0.4, 0.5) is 0 Å². The topological polar surface area (TPSA) is 95.1 Å². The van der Waals surface area contributed by atoms with Crippen molar-refractivity contribution in [2.24, 2.45) is 0 Å². The van der Waals surface area contributed by atoms with Crippen molar-refractivity contribution in [3.05, 3.63) is 163 Å². The van der Waals surface area contributed by atoms with Crippen LogP contribution < -0.4 is 9.81 Å². The maximum absolute atomic E-state index is 15.5. The summed E-state index contributed by atoms with van der Waals surface area (Å²) in [6.07, 6.45) is 6.27. The Hall–Kier alpha value is -4.93. The second kappa shape index (κ2) is 21.4. The molecule has 8 aromatic rings. The van der Waals surface area contributed by atoms with Crippen molar-refractivity contribution in [2.45, 2.75) is 136 Å².